The molecule has 9 heteroatoms. The zero-order chi connectivity index (χ0) is 15.8. The highest BCUT2D eigenvalue weighted by Crippen LogP contribution is 2.37. The monoisotopic (exact) mass is 328 g/mol. The fourth-order valence-corrected chi connectivity index (χ4v) is 2.71. The molecule has 0 spiro atoms. The molecule has 0 saturated carbocycles. The highest BCUT2D eigenvalue weighted by atomic mass is 32.2. The Balaban J connectivity index is 2.33. The Morgan fingerprint density at radius 1 is 1.19 bits per heavy atom. The van der Waals surface area contributed by atoms with E-state index in [1.54, 1.807) is 0 Å². The summed E-state index contributed by atoms with van der Waals surface area (Å²) in [6, 6.07) is 2.73. The van der Waals surface area contributed by atoms with Crippen LogP contribution in [0.2, 0.25) is 0 Å². The van der Waals surface area contributed by atoms with Gasteiger partial charge in [-0.15, -0.1) is 0 Å². The number of alkyl halides is 5. The van der Waals surface area contributed by atoms with Gasteiger partial charge in [0.05, 0.1) is 5.56 Å². The normalized spacial score (nSPS) is 20.4. The molecule has 1 heterocycles. The van der Waals surface area contributed by atoms with Crippen molar-refractivity contribution >= 4 is 16.8 Å². The molecule has 0 amide bonds. The van der Waals surface area contributed by atoms with Crippen LogP contribution in [0.25, 0.3) is 0 Å². The van der Waals surface area contributed by atoms with Gasteiger partial charge in [-0.05, 0) is 29.3 Å². The van der Waals surface area contributed by atoms with Crippen LogP contribution >= 0.6 is 0 Å². The van der Waals surface area contributed by atoms with Gasteiger partial charge in [0.25, 0.3) is 5.92 Å². The van der Waals surface area contributed by atoms with Crippen LogP contribution in [0.3, 0.4) is 0 Å². The molecule has 3 nitrogen and oxygen atoms in total. The highest BCUT2D eigenvalue weighted by molar-refractivity contribution is 7.79. The van der Waals surface area contributed by atoms with Gasteiger partial charge < -0.3 is 9.45 Å². The molecular weight excluding hydrogens is 317 g/mol. The van der Waals surface area contributed by atoms with Gasteiger partial charge in [0.1, 0.15) is 0 Å². The Labute approximate surface area is 120 Å². The van der Waals surface area contributed by atoms with Crippen LogP contribution in [0, 0.1) is 0 Å². The first kappa shape index (κ1) is 16.2. The van der Waals surface area contributed by atoms with E-state index in [4.69, 9.17) is 0 Å². The van der Waals surface area contributed by atoms with Gasteiger partial charge in [0.2, 0.25) is 0 Å². The third-order valence-electron chi connectivity index (χ3n) is 3.31. The lowest BCUT2D eigenvalue weighted by molar-refractivity contribution is -0.139. The van der Waals surface area contributed by atoms with Crippen molar-refractivity contribution in [1.82, 2.24) is 0 Å². The van der Waals surface area contributed by atoms with E-state index in [1.807, 2.05) is 0 Å². The minimum absolute atomic E-state index is 0.0793. The molecule has 1 fully saturated rings. The summed E-state index contributed by atoms with van der Waals surface area (Å²) in [6.45, 7) is -0.159. The van der Waals surface area contributed by atoms with Crippen LogP contribution in [-0.4, -0.2) is 27.8 Å². The molecule has 21 heavy (non-hydrogen) atoms. The minimum atomic E-state index is -4.83. The molecular formula is C12H11F5NO2S-. The number of benzene rings is 1. The molecule has 118 valence electrons. The van der Waals surface area contributed by atoms with E-state index in [1.165, 1.54) is 11.0 Å². The van der Waals surface area contributed by atoms with Crippen LogP contribution in [-0.2, 0) is 17.3 Å². The second kappa shape index (κ2) is 5.53. The predicted octanol–water partition coefficient (Wildman–Crippen LogP) is 3.18. The van der Waals surface area contributed by atoms with Crippen molar-refractivity contribution in [3.63, 3.8) is 0 Å². The van der Waals surface area contributed by atoms with E-state index < -0.39 is 46.5 Å². The third kappa shape index (κ3) is 3.70. The molecule has 1 atom stereocenters. The first-order valence-electron chi connectivity index (χ1n) is 6.03. The fourth-order valence-electron chi connectivity index (χ4n) is 2.17. The van der Waals surface area contributed by atoms with Crippen LogP contribution in [0.1, 0.15) is 18.4 Å². The standard InChI is InChI=1S/C12H12F5NO2S/c13-11(14)3-5-18(6-4-11)8-1-2-10(21(19)20)9(7-8)12(15,16)17/h1-2,7H,3-6H2,(H,19,20)/p-1. The number of rotatable bonds is 2. The lowest BCUT2D eigenvalue weighted by atomic mass is 10.1. The second-order valence-corrected chi connectivity index (χ2v) is 5.67. The van der Waals surface area contributed by atoms with Crippen LogP contribution in [0.15, 0.2) is 23.1 Å². The summed E-state index contributed by atoms with van der Waals surface area (Å²) in [6.07, 6.45) is -5.71. The summed E-state index contributed by atoms with van der Waals surface area (Å²) in [5, 5.41) is 0. The molecule has 1 aliphatic heterocycles. The van der Waals surface area contributed by atoms with Crippen molar-refractivity contribution in [2.45, 2.75) is 29.8 Å². The Bertz CT molecular complexity index is 551. The smallest absolute Gasteiger partial charge is 0.417 e. The zero-order valence-corrected chi connectivity index (χ0v) is 11.4. The summed E-state index contributed by atoms with van der Waals surface area (Å²) in [5.41, 5.74) is -1.20. The van der Waals surface area contributed by atoms with E-state index in [0.29, 0.717) is 6.07 Å². The number of hydrogen-bond donors (Lipinski definition) is 0. The third-order valence-corrected chi connectivity index (χ3v) is 4.02. The van der Waals surface area contributed by atoms with E-state index >= 15 is 0 Å². The summed E-state index contributed by atoms with van der Waals surface area (Å²) in [4.78, 5) is 0.540. The van der Waals surface area contributed by atoms with Gasteiger partial charge in [-0.25, -0.2) is 8.78 Å². The SMILES string of the molecule is O=S([O-])c1ccc(N2CCC(F)(F)CC2)cc1C(F)(F)F. The molecule has 0 aliphatic carbocycles. The molecule has 1 aromatic carbocycles. The minimum Gasteiger partial charge on any atom is -0.768 e. The number of hydrogen-bond acceptors (Lipinski definition) is 3. The van der Waals surface area contributed by atoms with Gasteiger partial charge in [0.15, 0.2) is 0 Å². The number of halogens is 5. The number of anilines is 1. The largest absolute Gasteiger partial charge is 0.768 e. The molecule has 1 aliphatic rings. The Morgan fingerprint density at radius 3 is 2.24 bits per heavy atom. The van der Waals surface area contributed by atoms with Crippen molar-refractivity contribution in [2.75, 3.05) is 18.0 Å². The lowest BCUT2D eigenvalue weighted by Crippen LogP contribution is -2.39. The highest BCUT2D eigenvalue weighted by Gasteiger charge is 2.37. The predicted molar refractivity (Wildman–Crippen MR) is 65.0 cm³/mol. The summed E-state index contributed by atoms with van der Waals surface area (Å²) >= 11 is -3.02. The fraction of sp³-hybridized carbons (Fsp3) is 0.500. The molecule has 0 radical (unpaired) electrons. The molecule has 2 rings (SSSR count). The van der Waals surface area contributed by atoms with Crippen LogP contribution in [0.4, 0.5) is 27.6 Å². The van der Waals surface area contributed by atoms with E-state index in [0.717, 1.165) is 6.07 Å². The van der Waals surface area contributed by atoms with Crippen LogP contribution in [0.5, 0.6) is 0 Å². The first-order chi connectivity index (χ1) is 9.60. The van der Waals surface area contributed by atoms with E-state index in [2.05, 4.69) is 0 Å². The van der Waals surface area contributed by atoms with Crippen molar-refractivity contribution in [1.29, 1.82) is 0 Å². The van der Waals surface area contributed by atoms with Crippen molar-refractivity contribution in [3.8, 4) is 0 Å². The van der Waals surface area contributed by atoms with E-state index in [-0.39, 0.29) is 18.8 Å². The van der Waals surface area contributed by atoms with E-state index in [9.17, 15) is 30.7 Å². The number of piperidine rings is 1. The molecule has 1 saturated heterocycles. The molecule has 0 N–H and O–H groups in total. The zero-order valence-electron chi connectivity index (χ0n) is 10.6. The summed E-state index contributed by atoms with van der Waals surface area (Å²) in [7, 11) is 0. The average molecular weight is 328 g/mol. The maximum atomic E-state index is 13.0. The van der Waals surface area contributed by atoms with Gasteiger partial charge in [-0.3, -0.25) is 4.21 Å². The van der Waals surface area contributed by atoms with Gasteiger partial charge in [-0.2, -0.15) is 13.2 Å². The van der Waals surface area contributed by atoms with Gasteiger partial charge >= 0.3 is 6.18 Å². The Kier molecular flexibility index (Phi) is 4.25. The van der Waals surface area contributed by atoms with Crippen LogP contribution < -0.4 is 4.90 Å². The molecule has 1 aromatic rings. The van der Waals surface area contributed by atoms with Crippen molar-refractivity contribution in [2.24, 2.45) is 0 Å². The van der Waals surface area contributed by atoms with Crippen molar-refractivity contribution in [3.05, 3.63) is 23.8 Å². The Morgan fingerprint density at radius 2 is 1.76 bits per heavy atom. The summed E-state index contributed by atoms with van der Waals surface area (Å²) in [5.74, 6) is -2.81. The topological polar surface area (TPSA) is 43.4 Å². The first-order valence-corrected chi connectivity index (χ1v) is 7.11. The molecule has 0 aromatic heterocycles. The maximum absolute atomic E-state index is 13.0. The second-order valence-electron chi connectivity index (χ2n) is 4.76. The lowest BCUT2D eigenvalue weighted by Gasteiger charge is -2.34. The Hall–Kier alpha value is -1.22. The number of nitrogens with zero attached hydrogens (tertiary/aromatic N) is 1. The quantitative estimate of drug-likeness (QED) is 0.619. The average Bonchev–Trinajstić information content (AvgIpc) is 2.37. The summed E-state index contributed by atoms with van der Waals surface area (Å²) < 4.78 is 86.3. The molecule has 0 bridgehead atoms. The van der Waals surface area contributed by atoms with Crippen molar-refractivity contribution < 1.29 is 30.7 Å². The van der Waals surface area contributed by atoms with Gasteiger partial charge in [0, 0.05) is 36.5 Å². The van der Waals surface area contributed by atoms with Gasteiger partial charge in [-0.1, -0.05) is 0 Å². The maximum Gasteiger partial charge on any atom is 0.417 e. The molecule has 1 unspecified atom stereocenters.